The summed E-state index contributed by atoms with van der Waals surface area (Å²) >= 11 is 4.53. The van der Waals surface area contributed by atoms with E-state index in [0.717, 1.165) is 5.56 Å². The number of benzene rings is 1. The van der Waals surface area contributed by atoms with Crippen molar-refractivity contribution in [2.75, 3.05) is 18.9 Å². The normalized spacial score (nSPS) is 20.9. The van der Waals surface area contributed by atoms with Crippen molar-refractivity contribution in [3.8, 4) is 0 Å². The van der Waals surface area contributed by atoms with E-state index in [2.05, 4.69) is 15.9 Å². The number of β-amino-alcohol motifs (C(OH)–C–C–N with tert-alkyl or cyclic N) is 1. The van der Waals surface area contributed by atoms with E-state index in [0.29, 0.717) is 10.2 Å². The second kappa shape index (κ2) is 6.21. The van der Waals surface area contributed by atoms with Crippen LogP contribution in [-0.2, 0) is 4.79 Å². The fourth-order valence-electron chi connectivity index (χ4n) is 1.88. The molecule has 19 heavy (non-hydrogen) atoms. The average molecular weight is 350 g/mol. The monoisotopic (exact) mass is 349 g/mol. The standard InChI is InChI=1S/C12H13BrFNO3S/c13-9-3-7(1-2-10(9)14)12-15(4-8(17)5-16)11(18)6-19-12/h1-3,8,12,16-17H,4-6H2/t8-,12?/m0/s1. The molecule has 1 heterocycles. The summed E-state index contributed by atoms with van der Waals surface area (Å²) in [6.45, 7) is -0.323. The fraction of sp³-hybridized carbons (Fsp3) is 0.417. The predicted octanol–water partition coefficient (Wildman–Crippen LogP) is 1.52. The zero-order chi connectivity index (χ0) is 14.0. The lowest BCUT2D eigenvalue weighted by Crippen LogP contribution is -2.37. The van der Waals surface area contributed by atoms with Gasteiger partial charge in [-0.1, -0.05) is 6.07 Å². The molecule has 1 aliphatic heterocycles. The molecule has 2 atom stereocenters. The van der Waals surface area contributed by atoms with Crippen LogP contribution in [0.5, 0.6) is 0 Å². The lowest BCUT2D eigenvalue weighted by Gasteiger charge is -2.26. The van der Waals surface area contributed by atoms with Gasteiger partial charge < -0.3 is 15.1 Å². The highest BCUT2D eigenvalue weighted by molar-refractivity contribution is 9.10. The smallest absolute Gasteiger partial charge is 0.233 e. The maximum absolute atomic E-state index is 13.2. The van der Waals surface area contributed by atoms with Crippen molar-refractivity contribution in [3.63, 3.8) is 0 Å². The number of nitrogens with zero attached hydrogens (tertiary/aromatic N) is 1. The van der Waals surface area contributed by atoms with Crippen LogP contribution in [0.15, 0.2) is 22.7 Å². The van der Waals surface area contributed by atoms with Crippen molar-refractivity contribution in [1.82, 2.24) is 4.90 Å². The van der Waals surface area contributed by atoms with Gasteiger partial charge in [-0.3, -0.25) is 4.79 Å². The highest BCUT2D eigenvalue weighted by atomic mass is 79.9. The molecule has 2 N–H and O–H groups in total. The van der Waals surface area contributed by atoms with Crippen LogP contribution in [0.3, 0.4) is 0 Å². The highest BCUT2D eigenvalue weighted by Gasteiger charge is 2.34. The summed E-state index contributed by atoms with van der Waals surface area (Å²) in [6, 6.07) is 4.59. The first-order chi connectivity index (χ1) is 9.02. The molecule has 1 aliphatic rings. The van der Waals surface area contributed by atoms with Gasteiger partial charge in [0, 0.05) is 0 Å². The van der Waals surface area contributed by atoms with Crippen LogP contribution in [0.25, 0.3) is 0 Å². The Labute approximate surface area is 122 Å². The zero-order valence-electron chi connectivity index (χ0n) is 9.92. The quantitative estimate of drug-likeness (QED) is 0.865. The first-order valence-electron chi connectivity index (χ1n) is 5.68. The molecule has 1 unspecified atom stereocenters. The Morgan fingerprint density at radius 1 is 1.58 bits per heavy atom. The molecule has 1 amide bonds. The van der Waals surface area contributed by atoms with E-state index < -0.39 is 12.7 Å². The number of hydrogen-bond acceptors (Lipinski definition) is 4. The van der Waals surface area contributed by atoms with E-state index in [1.54, 1.807) is 12.1 Å². The van der Waals surface area contributed by atoms with Gasteiger partial charge in [-0.15, -0.1) is 11.8 Å². The number of halogens is 2. The molecule has 1 fully saturated rings. The summed E-state index contributed by atoms with van der Waals surface area (Å²) in [5.74, 6) is -0.138. The number of carbonyl (C=O) groups is 1. The average Bonchev–Trinajstić information content (AvgIpc) is 2.74. The summed E-state index contributed by atoms with van der Waals surface area (Å²) in [5, 5.41) is 18.1. The number of thioether (sulfide) groups is 1. The van der Waals surface area contributed by atoms with Crippen LogP contribution in [0.2, 0.25) is 0 Å². The van der Waals surface area contributed by atoms with Crippen molar-refractivity contribution < 1.29 is 19.4 Å². The molecule has 1 aromatic rings. The van der Waals surface area contributed by atoms with Crippen LogP contribution < -0.4 is 0 Å². The Hall–Kier alpha value is -0.630. The summed E-state index contributed by atoms with van der Waals surface area (Å²) in [7, 11) is 0. The number of rotatable bonds is 4. The van der Waals surface area contributed by atoms with E-state index >= 15 is 0 Å². The largest absolute Gasteiger partial charge is 0.394 e. The number of aliphatic hydroxyl groups excluding tert-OH is 2. The van der Waals surface area contributed by atoms with E-state index in [9.17, 15) is 14.3 Å². The third-order valence-electron chi connectivity index (χ3n) is 2.82. The maximum atomic E-state index is 13.2. The molecule has 104 valence electrons. The third-order valence-corrected chi connectivity index (χ3v) is 4.68. The van der Waals surface area contributed by atoms with Gasteiger partial charge in [0.15, 0.2) is 0 Å². The topological polar surface area (TPSA) is 60.8 Å². The lowest BCUT2D eigenvalue weighted by molar-refractivity contribution is -0.129. The number of amides is 1. The molecule has 0 saturated carbocycles. The number of aliphatic hydroxyl groups is 2. The summed E-state index contributed by atoms with van der Waals surface area (Å²) in [5.41, 5.74) is 0.786. The Morgan fingerprint density at radius 3 is 2.95 bits per heavy atom. The van der Waals surface area contributed by atoms with Crippen molar-refractivity contribution in [1.29, 1.82) is 0 Å². The van der Waals surface area contributed by atoms with E-state index in [1.165, 1.54) is 22.7 Å². The third kappa shape index (κ3) is 3.28. The SMILES string of the molecule is O=C1CSC(c2ccc(F)c(Br)c2)N1C[C@H](O)CO. The molecule has 1 saturated heterocycles. The highest BCUT2D eigenvalue weighted by Crippen LogP contribution is 2.39. The van der Waals surface area contributed by atoms with Crippen molar-refractivity contribution >= 4 is 33.6 Å². The van der Waals surface area contributed by atoms with Gasteiger partial charge in [0.25, 0.3) is 0 Å². The molecule has 0 aliphatic carbocycles. The zero-order valence-corrected chi connectivity index (χ0v) is 12.3. The lowest BCUT2D eigenvalue weighted by atomic mass is 10.2. The second-order valence-corrected chi connectivity index (χ2v) is 6.14. The molecule has 0 aromatic heterocycles. The molecule has 7 heteroatoms. The van der Waals surface area contributed by atoms with Gasteiger partial charge in [-0.2, -0.15) is 0 Å². The molecule has 0 radical (unpaired) electrons. The molecule has 2 rings (SSSR count). The summed E-state index contributed by atoms with van der Waals surface area (Å²) in [4.78, 5) is 13.3. The summed E-state index contributed by atoms with van der Waals surface area (Å²) in [6.07, 6.45) is -0.964. The maximum Gasteiger partial charge on any atom is 0.233 e. The van der Waals surface area contributed by atoms with E-state index in [4.69, 9.17) is 5.11 Å². The Balaban J connectivity index is 2.21. The minimum atomic E-state index is -0.964. The van der Waals surface area contributed by atoms with Crippen LogP contribution >= 0.6 is 27.7 Å². The van der Waals surface area contributed by atoms with Crippen molar-refractivity contribution in [2.24, 2.45) is 0 Å². The van der Waals surface area contributed by atoms with Gasteiger partial charge >= 0.3 is 0 Å². The Morgan fingerprint density at radius 2 is 2.32 bits per heavy atom. The second-order valence-electron chi connectivity index (χ2n) is 4.22. The van der Waals surface area contributed by atoms with Crippen molar-refractivity contribution in [2.45, 2.75) is 11.5 Å². The molecule has 1 aromatic carbocycles. The van der Waals surface area contributed by atoms with Gasteiger partial charge in [0.1, 0.15) is 11.2 Å². The molecule has 0 spiro atoms. The van der Waals surface area contributed by atoms with Crippen LogP contribution in [0, 0.1) is 5.82 Å². The molecule has 4 nitrogen and oxygen atoms in total. The Kier molecular flexibility index (Phi) is 4.83. The van der Waals surface area contributed by atoms with E-state index in [-0.39, 0.29) is 23.6 Å². The molecular formula is C12H13BrFNO3S. The van der Waals surface area contributed by atoms with Crippen LogP contribution in [0.4, 0.5) is 4.39 Å². The summed E-state index contributed by atoms with van der Waals surface area (Å²) < 4.78 is 13.6. The van der Waals surface area contributed by atoms with Gasteiger partial charge in [-0.05, 0) is 33.6 Å². The first kappa shape index (κ1) is 14.8. The van der Waals surface area contributed by atoms with Gasteiger partial charge in [0.05, 0.1) is 29.5 Å². The first-order valence-corrected chi connectivity index (χ1v) is 7.52. The Bertz CT molecular complexity index is 488. The minimum Gasteiger partial charge on any atom is -0.394 e. The van der Waals surface area contributed by atoms with Crippen LogP contribution in [0.1, 0.15) is 10.9 Å². The van der Waals surface area contributed by atoms with Crippen molar-refractivity contribution in [3.05, 3.63) is 34.1 Å². The number of carbonyl (C=O) groups excluding carboxylic acids is 1. The number of hydrogen-bond donors (Lipinski definition) is 2. The van der Waals surface area contributed by atoms with Gasteiger partial charge in [-0.25, -0.2) is 4.39 Å². The fourth-order valence-corrected chi connectivity index (χ4v) is 3.46. The van der Waals surface area contributed by atoms with E-state index in [1.807, 2.05) is 0 Å². The molecule has 0 bridgehead atoms. The molecular weight excluding hydrogens is 337 g/mol. The predicted molar refractivity (Wildman–Crippen MR) is 74.1 cm³/mol. The van der Waals surface area contributed by atoms with Crippen LogP contribution in [-0.4, -0.2) is 46.0 Å². The van der Waals surface area contributed by atoms with Gasteiger partial charge in [0.2, 0.25) is 5.91 Å². The minimum absolute atomic E-state index is 0.0714.